The fourth-order valence-corrected chi connectivity index (χ4v) is 2.57. The van der Waals surface area contributed by atoms with Gasteiger partial charge < -0.3 is 4.90 Å². The van der Waals surface area contributed by atoms with Gasteiger partial charge in [0.1, 0.15) is 0 Å². The summed E-state index contributed by atoms with van der Waals surface area (Å²) in [7, 11) is 0. The first-order valence-electron chi connectivity index (χ1n) is 7.08. The van der Waals surface area contributed by atoms with Crippen molar-refractivity contribution in [3.8, 4) is 0 Å². The van der Waals surface area contributed by atoms with E-state index in [0.29, 0.717) is 24.6 Å². The minimum atomic E-state index is -4.31. The lowest BCUT2D eigenvalue weighted by atomic mass is 9.97. The number of carbonyl (C=O) groups excluding carboxylic acids is 1. The molecule has 7 heteroatoms. The number of likely N-dealkylation sites (tertiary alicyclic amines) is 1. The Labute approximate surface area is 154 Å². The van der Waals surface area contributed by atoms with E-state index in [1.54, 1.807) is 4.90 Å². The zero-order valence-electron chi connectivity index (χ0n) is 13.3. The Morgan fingerprint density at radius 2 is 1.79 bits per heavy atom. The molecule has 2 rings (SSSR count). The normalized spacial score (nSPS) is 20.4. The van der Waals surface area contributed by atoms with E-state index < -0.39 is 11.7 Å². The Bertz CT molecular complexity index is 584. The van der Waals surface area contributed by atoms with Crippen LogP contribution in [0.1, 0.15) is 18.1 Å². The molecule has 1 aromatic rings. The van der Waals surface area contributed by atoms with E-state index >= 15 is 0 Å². The highest BCUT2D eigenvalue weighted by molar-refractivity contribution is 7.59. The van der Waals surface area contributed by atoms with Crippen LogP contribution in [0.25, 0.3) is 6.08 Å². The van der Waals surface area contributed by atoms with Crippen LogP contribution in [-0.2, 0) is 11.0 Å². The van der Waals surface area contributed by atoms with Gasteiger partial charge in [0.2, 0.25) is 5.91 Å². The molecule has 0 aliphatic carbocycles. The second-order valence-electron chi connectivity index (χ2n) is 5.57. The fourth-order valence-electron chi connectivity index (χ4n) is 2.57. The van der Waals surface area contributed by atoms with Crippen molar-refractivity contribution in [2.24, 2.45) is 11.8 Å². The van der Waals surface area contributed by atoms with Crippen molar-refractivity contribution in [3.63, 3.8) is 0 Å². The third-order valence-corrected chi connectivity index (χ3v) is 3.93. The summed E-state index contributed by atoms with van der Waals surface area (Å²) in [5, 5.41) is 0. The molecule has 0 N–H and O–H groups in total. The molecule has 0 saturated carbocycles. The summed E-state index contributed by atoms with van der Waals surface area (Å²) in [6, 6.07) is 5.05. The molecule has 2 nitrogen and oxygen atoms in total. The molecule has 134 valence electrons. The zero-order valence-corrected chi connectivity index (χ0v) is 15.3. The van der Waals surface area contributed by atoms with E-state index in [1.807, 2.05) is 12.2 Å². The number of hydrogen-bond acceptors (Lipinski definition) is 1. The zero-order chi connectivity index (χ0) is 16.3. The first-order chi connectivity index (χ1) is 10.3. The van der Waals surface area contributed by atoms with Crippen LogP contribution in [0.2, 0.25) is 0 Å². The van der Waals surface area contributed by atoms with Gasteiger partial charge in [-0.25, -0.2) is 0 Å². The van der Waals surface area contributed by atoms with Gasteiger partial charge in [-0.15, -0.1) is 0 Å². The lowest BCUT2D eigenvalue weighted by molar-refractivity contribution is -0.137. The summed E-state index contributed by atoms with van der Waals surface area (Å²) >= 11 is 0. The van der Waals surface area contributed by atoms with Gasteiger partial charge >= 0.3 is 6.18 Å². The number of rotatable bonds is 3. The predicted molar refractivity (Wildman–Crippen MR) is 101 cm³/mol. The van der Waals surface area contributed by atoms with E-state index in [1.165, 1.54) is 18.2 Å². The highest BCUT2D eigenvalue weighted by Gasteiger charge is 2.30. The van der Waals surface area contributed by atoms with E-state index in [-0.39, 0.29) is 38.8 Å². The molecule has 0 radical (unpaired) electrons. The number of halogens is 3. The maximum atomic E-state index is 12.5. The third-order valence-electron chi connectivity index (χ3n) is 3.93. The average molecular weight is 377 g/mol. The second kappa shape index (κ2) is 9.22. The molecule has 0 unspecified atom stereocenters. The first kappa shape index (κ1) is 22.7. The molecule has 1 amide bonds. The Kier molecular flexibility index (Phi) is 8.71. The van der Waals surface area contributed by atoms with Crippen LogP contribution in [-0.4, -0.2) is 23.9 Å². The number of amides is 1. The Hall–Kier alpha value is -1.34. The van der Waals surface area contributed by atoms with Crippen LogP contribution < -0.4 is 0 Å². The largest absolute Gasteiger partial charge is 0.416 e. The quantitative estimate of drug-likeness (QED) is 0.722. The monoisotopic (exact) mass is 377 g/mol. The molecule has 1 heterocycles. The molecular weight excluding hydrogens is 355 g/mol. The smallest absolute Gasteiger partial charge is 0.338 e. The van der Waals surface area contributed by atoms with Crippen molar-refractivity contribution in [1.29, 1.82) is 0 Å². The van der Waals surface area contributed by atoms with Crippen LogP contribution in [0.5, 0.6) is 0 Å². The van der Waals surface area contributed by atoms with Gasteiger partial charge in [-0.3, -0.25) is 4.79 Å². The highest BCUT2D eigenvalue weighted by atomic mass is 32.1. The van der Waals surface area contributed by atoms with Gasteiger partial charge in [-0.05, 0) is 35.6 Å². The highest BCUT2D eigenvalue weighted by Crippen LogP contribution is 2.29. The molecule has 0 spiro atoms. The average Bonchev–Trinajstić information content (AvgIpc) is 2.85. The summed E-state index contributed by atoms with van der Waals surface area (Å²) in [5.41, 5.74) is 0.0651. The van der Waals surface area contributed by atoms with Gasteiger partial charge in [0.25, 0.3) is 0 Å². The molecular formula is C17H22F3NOS2. The first-order valence-corrected chi connectivity index (χ1v) is 7.08. The summed E-state index contributed by atoms with van der Waals surface area (Å²) < 4.78 is 37.5. The minimum Gasteiger partial charge on any atom is -0.338 e. The lowest BCUT2D eigenvalue weighted by Gasteiger charge is -2.12. The van der Waals surface area contributed by atoms with E-state index in [4.69, 9.17) is 0 Å². The number of benzene rings is 1. The Morgan fingerprint density at radius 3 is 2.29 bits per heavy atom. The minimum absolute atomic E-state index is 0. The molecule has 2 atom stereocenters. The van der Waals surface area contributed by atoms with Gasteiger partial charge in [-0.2, -0.15) is 40.2 Å². The van der Waals surface area contributed by atoms with E-state index in [2.05, 4.69) is 13.5 Å². The molecule has 1 aliphatic heterocycles. The molecule has 0 bridgehead atoms. The van der Waals surface area contributed by atoms with Crippen molar-refractivity contribution in [3.05, 3.63) is 54.1 Å². The number of nitrogens with zero attached hydrogens (tertiary/aromatic N) is 1. The number of hydrogen-bond donors (Lipinski definition) is 0. The fraction of sp³-hybridized carbons (Fsp3) is 0.353. The molecule has 24 heavy (non-hydrogen) atoms. The van der Waals surface area contributed by atoms with Gasteiger partial charge in [0.15, 0.2) is 0 Å². The van der Waals surface area contributed by atoms with Crippen LogP contribution in [0, 0.1) is 11.8 Å². The van der Waals surface area contributed by atoms with Gasteiger partial charge in [0, 0.05) is 13.1 Å². The van der Waals surface area contributed by atoms with Crippen molar-refractivity contribution < 1.29 is 18.0 Å². The summed E-state index contributed by atoms with van der Waals surface area (Å²) in [5.74, 6) is 0.429. The van der Waals surface area contributed by atoms with E-state index in [0.717, 1.165) is 12.1 Å². The second-order valence-corrected chi connectivity index (χ2v) is 5.57. The Balaban J connectivity index is 0.00000264. The van der Waals surface area contributed by atoms with Crippen LogP contribution in [0.15, 0.2) is 43.0 Å². The maximum absolute atomic E-state index is 12.5. The molecule has 0 aromatic heterocycles. The third kappa shape index (κ3) is 5.63. The summed E-state index contributed by atoms with van der Waals surface area (Å²) in [6.45, 7) is 6.82. The topological polar surface area (TPSA) is 20.3 Å². The molecule has 1 aromatic carbocycles. The summed E-state index contributed by atoms with van der Waals surface area (Å²) in [4.78, 5) is 13.3. The predicted octanol–water partition coefficient (Wildman–Crippen LogP) is 4.22. The number of alkyl halides is 3. The van der Waals surface area contributed by atoms with Gasteiger partial charge in [0.05, 0.1) is 5.56 Å². The molecule has 1 saturated heterocycles. The van der Waals surface area contributed by atoms with Crippen LogP contribution >= 0.6 is 27.0 Å². The molecule has 1 aliphatic rings. The van der Waals surface area contributed by atoms with Crippen LogP contribution in [0.4, 0.5) is 13.2 Å². The molecule has 1 fully saturated rings. The van der Waals surface area contributed by atoms with Crippen LogP contribution in [0.3, 0.4) is 0 Å². The lowest BCUT2D eigenvalue weighted by Crippen LogP contribution is -2.26. The van der Waals surface area contributed by atoms with Crippen molar-refractivity contribution in [1.82, 2.24) is 4.90 Å². The summed E-state index contributed by atoms with van der Waals surface area (Å²) in [6.07, 6.45) is 0.759. The van der Waals surface area contributed by atoms with Crippen molar-refractivity contribution in [2.45, 2.75) is 13.1 Å². The van der Waals surface area contributed by atoms with Crippen molar-refractivity contribution >= 4 is 39.0 Å². The standard InChI is InChI=1S/C17H18F3NO.2H2S/c1-3-16(22)21-10-12(2)14(11-21)7-4-13-5-8-15(9-6-13)17(18,19)20;;/h3-9,12,14H,1,10-11H2,2H3;2*1H2/b7-4+;;/t12-,14-;;/m1../s1. The van der Waals surface area contributed by atoms with E-state index in [9.17, 15) is 18.0 Å². The van der Waals surface area contributed by atoms with Gasteiger partial charge in [-0.1, -0.05) is 37.8 Å². The van der Waals surface area contributed by atoms with Crippen molar-refractivity contribution in [2.75, 3.05) is 13.1 Å². The Morgan fingerprint density at radius 1 is 1.21 bits per heavy atom. The number of carbonyl (C=O) groups is 1. The maximum Gasteiger partial charge on any atom is 0.416 e. The SMILES string of the molecule is C=CC(=O)N1C[C@@H](C)[C@H](/C=C/c2ccc(C(F)(F)F)cc2)C1.S.S.